The molecule has 2 N–H and O–H groups in total. The van der Waals surface area contributed by atoms with E-state index in [0.717, 1.165) is 16.5 Å². The summed E-state index contributed by atoms with van der Waals surface area (Å²) in [6.07, 6.45) is 0. The lowest BCUT2D eigenvalue weighted by atomic mass is 10.2. The van der Waals surface area contributed by atoms with Gasteiger partial charge in [0, 0.05) is 22.2 Å². The second kappa shape index (κ2) is 6.77. The summed E-state index contributed by atoms with van der Waals surface area (Å²) in [5.74, 6) is 0.152. The van der Waals surface area contributed by atoms with Crippen LogP contribution in [0, 0.1) is 0 Å². The van der Waals surface area contributed by atoms with Gasteiger partial charge in [0.25, 0.3) is 5.91 Å². The van der Waals surface area contributed by atoms with Crippen LogP contribution < -0.4 is 10.6 Å². The number of nitrogens with one attached hydrogen (secondary N) is 2. The average molecular weight is 387 g/mol. The lowest BCUT2D eigenvalue weighted by molar-refractivity contribution is 0.102. The number of rotatable bonds is 3. The molecule has 2 aliphatic heterocycles. The van der Waals surface area contributed by atoms with Gasteiger partial charge in [0.1, 0.15) is 0 Å². The van der Waals surface area contributed by atoms with Crippen LogP contribution >= 0.6 is 11.8 Å². The molecule has 0 radical (unpaired) electrons. The molecule has 0 unspecified atom stereocenters. The van der Waals surface area contributed by atoms with Crippen molar-refractivity contribution in [2.24, 2.45) is 4.99 Å². The molecule has 0 aromatic heterocycles. The Kier molecular flexibility index (Phi) is 4.46. The molecule has 1 fully saturated rings. The highest BCUT2D eigenvalue weighted by molar-refractivity contribution is 8.15. The Morgan fingerprint density at radius 1 is 1.00 bits per heavy atom. The number of hydrogen-bond donors (Lipinski definition) is 2. The van der Waals surface area contributed by atoms with Crippen molar-refractivity contribution in [2.45, 2.75) is 11.3 Å². The van der Waals surface area contributed by atoms with E-state index in [1.165, 1.54) is 11.8 Å². The van der Waals surface area contributed by atoms with E-state index < -0.39 is 9.84 Å². The molecule has 0 aliphatic carbocycles. The first kappa shape index (κ1) is 17.1. The number of nitrogens with zero attached hydrogens (tertiary/aromatic N) is 1. The van der Waals surface area contributed by atoms with Gasteiger partial charge in [0.05, 0.1) is 17.5 Å². The second-order valence-electron chi connectivity index (χ2n) is 6.26. The average Bonchev–Trinajstić information content (AvgIpc) is 3.09. The Bertz CT molecular complexity index is 957. The highest BCUT2D eigenvalue weighted by Gasteiger charge is 2.42. The summed E-state index contributed by atoms with van der Waals surface area (Å²) in [4.78, 5) is 16.7. The van der Waals surface area contributed by atoms with Gasteiger partial charge in [-0.05, 0) is 36.4 Å². The summed E-state index contributed by atoms with van der Waals surface area (Å²) in [5.41, 5.74) is 2.12. The van der Waals surface area contributed by atoms with Crippen molar-refractivity contribution < 1.29 is 13.2 Å². The molecule has 6 nitrogen and oxygen atoms in total. The molecule has 1 amide bonds. The number of benzene rings is 2. The first-order valence-corrected chi connectivity index (χ1v) is 10.9. The van der Waals surface area contributed by atoms with Crippen LogP contribution in [0.3, 0.4) is 0 Å². The van der Waals surface area contributed by atoms with Crippen LogP contribution in [0.2, 0.25) is 0 Å². The van der Waals surface area contributed by atoms with Crippen molar-refractivity contribution in [3.63, 3.8) is 0 Å². The second-order valence-corrected chi connectivity index (χ2v) is 9.64. The van der Waals surface area contributed by atoms with E-state index in [4.69, 9.17) is 0 Å². The van der Waals surface area contributed by atoms with Crippen LogP contribution in [-0.4, -0.2) is 42.3 Å². The number of amides is 1. The molecule has 0 saturated carbocycles. The van der Waals surface area contributed by atoms with Gasteiger partial charge >= 0.3 is 0 Å². The molecule has 8 heteroatoms. The van der Waals surface area contributed by atoms with Crippen LogP contribution in [-0.2, 0) is 9.84 Å². The first-order chi connectivity index (χ1) is 12.5. The number of hydrogen-bond acceptors (Lipinski definition) is 6. The fraction of sp³-hybridized carbons (Fsp3) is 0.222. The zero-order valence-corrected chi connectivity index (χ0v) is 15.4. The van der Waals surface area contributed by atoms with E-state index in [1.807, 2.05) is 42.5 Å². The Morgan fingerprint density at radius 3 is 2.42 bits per heavy atom. The number of para-hydroxylation sites is 1. The number of fused-ring (bicyclic) bond motifs is 1. The normalized spacial score (nSPS) is 23.2. The van der Waals surface area contributed by atoms with E-state index in [1.54, 1.807) is 12.1 Å². The van der Waals surface area contributed by atoms with Crippen molar-refractivity contribution >= 4 is 44.0 Å². The van der Waals surface area contributed by atoms with E-state index >= 15 is 0 Å². The molecule has 26 heavy (non-hydrogen) atoms. The predicted octanol–water partition coefficient (Wildman–Crippen LogP) is 2.62. The molecule has 134 valence electrons. The molecule has 0 bridgehead atoms. The smallest absolute Gasteiger partial charge is 0.255 e. The van der Waals surface area contributed by atoms with Gasteiger partial charge in [-0.1, -0.05) is 30.0 Å². The van der Waals surface area contributed by atoms with Gasteiger partial charge in [-0.3, -0.25) is 9.79 Å². The van der Waals surface area contributed by atoms with Crippen LogP contribution in [0.4, 0.5) is 11.4 Å². The zero-order chi connectivity index (χ0) is 18.1. The number of thioether (sulfide) groups is 1. The van der Waals surface area contributed by atoms with Crippen LogP contribution in [0.1, 0.15) is 10.4 Å². The van der Waals surface area contributed by atoms with E-state index in [-0.39, 0.29) is 28.7 Å². The van der Waals surface area contributed by atoms with E-state index in [9.17, 15) is 13.2 Å². The van der Waals surface area contributed by atoms with Crippen LogP contribution in [0.5, 0.6) is 0 Å². The maximum atomic E-state index is 12.2. The topological polar surface area (TPSA) is 87.6 Å². The number of carbonyl (C=O) groups excluding carboxylic acids is 1. The van der Waals surface area contributed by atoms with Crippen molar-refractivity contribution in [1.29, 1.82) is 0 Å². The molecule has 2 heterocycles. The number of carbonyl (C=O) groups is 1. The maximum absolute atomic E-state index is 12.2. The maximum Gasteiger partial charge on any atom is 0.255 e. The monoisotopic (exact) mass is 387 g/mol. The minimum absolute atomic E-state index is 0.0124. The van der Waals surface area contributed by atoms with E-state index in [2.05, 4.69) is 15.6 Å². The minimum atomic E-state index is -2.94. The number of sulfone groups is 1. The van der Waals surface area contributed by atoms with Gasteiger partial charge in [-0.2, -0.15) is 0 Å². The van der Waals surface area contributed by atoms with Gasteiger partial charge in [-0.15, -0.1) is 0 Å². The number of anilines is 2. The first-order valence-electron chi connectivity index (χ1n) is 8.17. The van der Waals surface area contributed by atoms with Gasteiger partial charge in [0.2, 0.25) is 0 Å². The molecular weight excluding hydrogens is 370 g/mol. The summed E-state index contributed by atoms with van der Waals surface area (Å²) in [5, 5.41) is 6.79. The third-order valence-electron chi connectivity index (χ3n) is 4.25. The van der Waals surface area contributed by atoms with Crippen molar-refractivity contribution in [3.8, 4) is 0 Å². The predicted molar refractivity (Wildman–Crippen MR) is 106 cm³/mol. The van der Waals surface area contributed by atoms with Gasteiger partial charge in [-0.25, -0.2) is 8.42 Å². The highest BCUT2D eigenvalue weighted by atomic mass is 32.2. The third kappa shape index (κ3) is 3.76. The van der Waals surface area contributed by atoms with Gasteiger partial charge in [0.15, 0.2) is 15.0 Å². The van der Waals surface area contributed by atoms with Crippen molar-refractivity contribution in [2.75, 3.05) is 22.1 Å². The highest BCUT2D eigenvalue weighted by Crippen LogP contribution is 2.34. The SMILES string of the molecule is O=C(Nc1ccccc1)c1ccc(NC2=N[C@@H]3CS(=O)(=O)C[C@H]3S2)cc1. The molecule has 2 aromatic carbocycles. The van der Waals surface area contributed by atoms with Crippen LogP contribution in [0.15, 0.2) is 59.6 Å². The number of aliphatic imine (C=N–C) groups is 1. The van der Waals surface area contributed by atoms with Crippen LogP contribution in [0.25, 0.3) is 0 Å². The standard InChI is InChI=1S/C18H17N3O3S2/c22-17(19-13-4-2-1-3-5-13)12-6-8-14(9-7-12)20-18-21-15-10-26(23,24)11-16(15)25-18/h1-9,15-16H,10-11H2,(H,19,22)(H,20,21)/t15-,16-/m1/s1. The van der Waals surface area contributed by atoms with Crippen molar-refractivity contribution in [3.05, 3.63) is 60.2 Å². The Morgan fingerprint density at radius 2 is 1.73 bits per heavy atom. The third-order valence-corrected chi connectivity index (χ3v) is 7.39. The fourth-order valence-electron chi connectivity index (χ4n) is 2.97. The Labute approximate surface area is 156 Å². The Balaban J connectivity index is 1.39. The molecular formula is C18H17N3O3S2. The molecule has 2 aliphatic rings. The molecule has 2 atom stereocenters. The minimum Gasteiger partial charge on any atom is -0.335 e. The summed E-state index contributed by atoms with van der Waals surface area (Å²) >= 11 is 1.47. The summed E-state index contributed by atoms with van der Waals surface area (Å²) in [6, 6.07) is 16.2. The zero-order valence-electron chi connectivity index (χ0n) is 13.8. The summed E-state index contributed by atoms with van der Waals surface area (Å²) in [6.45, 7) is 0. The van der Waals surface area contributed by atoms with E-state index in [0.29, 0.717) is 5.56 Å². The quantitative estimate of drug-likeness (QED) is 0.845. The van der Waals surface area contributed by atoms with Crippen molar-refractivity contribution in [1.82, 2.24) is 0 Å². The summed E-state index contributed by atoms with van der Waals surface area (Å²) in [7, 11) is -2.94. The largest absolute Gasteiger partial charge is 0.335 e. The lowest BCUT2D eigenvalue weighted by Crippen LogP contribution is -2.13. The Hall–Kier alpha value is -2.32. The van der Waals surface area contributed by atoms with Gasteiger partial charge < -0.3 is 10.6 Å². The summed E-state index contributed by atoms with van der Waals surface area (Å²) < 4.78 is 23.2. The molecule has 1 saturated heterocycles. The fourth-order valence-corrected chi connectivity index (χ4v) is 6.65. The number of amidine groups is 1. The lowest BCUT2D eigenvalue weighted by Gasteiger charge is -2.08. The molecule has 4 rings (SSSR count). The molecule has 2 aromatic rings. The molecule has 0 spiro atoms.